The maximum Gasteiger partial charge on any atom is 0.244 e. The number of amides is 1. The number of benzene rings is 1. The minimum Gasteiger partial charge on any atom is -0.325 e. The van der Waals surface area contributed by atoms with Crippen molar-refractivity contribution in [1.29, 1.82) is 5.26 Å². The predicted octanol–water partition coefficient (Wildman–Crippen LogP) is 2.85. The van der Waals surface area contributed by atoms with Crippen LogP contribution in [-0.4, -0.2) is 5.91 Å². The summed E-state index contributed by atoms with van der Waals surface area (Å²) in [5, 5.41) is 11.8. The molecule has 1 aromatic carbocycles. The predicted molar refractivity (Wildman–Crippen MR) is 61.5 cm³/mol. The molecule has 3 nitrogen and oxygen atoms in total. The standard InChI is InChI=1S/C13H13FN2O/c14-10-3-5-11(6-4-10)16-12(17)13(9-15)7-1-2-8-13/h3-6H,1-2,7-8H2,(H,16,17). The summed E-state index contributed by atoms with van der Waals surface area (Å²) in [4.78, 5) is 12.0. The zero-order valence-electron chi connectivity index (χ0n) is 9.37. The van der Waals surface area contributed by atoms with Gasteiger partial charge in [-0.1, -0.05) is 12.8 Å². The second kappa shape index (κ2) is 4.54. The molecule has 1 saturated carbocycles. The van der Waals surface area contributed by atoms with Crippen molar-refractivity contribution in [3.05, 3.63) is 30.1 Å². The maximum atomic E-state index is 12.7. The van der Waals surface area contributed by atoms with Crippen LogP contribution in [0.3, 0.4) is 0 Å². The number of nitrogens with zero attached hydrogens (tertiary/aromatic N) is 1. The fourth-order valence-electron chi connectivity index (χ4n) is 2.15. The minimum absolute atomic E-state index is 0.274. The van der Waals surface area contributed by atoms with E-state index in [4.69, 9.17) is 5.26 Å². The number of anilines is 1. The van der Waals surface area contributed by atoms with E-state index in [9.17, 15) is 9.18 Å². The highest BCUT2D eigenvalue weighted by Gasteiger charge is 2.41. The van der Waals surface area contributed by atoms with Crippen LogP contribution in [0, 0.1) is 22.6 Å². The number of carbonyl (C=O) groups is 1. The summed E-state index contributed by atoms with van der Waals surface area (Å²) in [7, 11) is 0. The summed E-state index contributed by atoms with van der Waals surface area (Å²) < 4.78 is 12.7. The van der Waals surface area contributed by atoms with E-state index in [1.807, 2.05) is 0 Å². The molecular formula is C13H13FN2O. The molecule has 0 unspecified atom stereocenters. The fraction of sp³-hybridized carbons (Fsp3) is 0.385. The highest BCUT2D eigenvalue weighted by molar-refractivity contribution is 5.97. The molecule has 4 heteroatoms. The molecule has 1 amide bonds. The third-order valence-electron chi connectivity index (χ3n) is 3.21. The smallest absolute Gasteiger partial charge is 0.244 e. The van der Waals surface area contributed by atoms with Gasteiger partial charge in [0.1, 0.15) is 11.2 Å². The van der Waals surface area contributed by atoms with Gasteiger partial charge in [-0.15, -0.1) is 0 Å². The van der Waals surface area contributed by atoms with Crippen molar-refractivity contribution in [2.24, 2.45) is 5.41 Å². The molecule has 1 aromatic rings. The normalized spacial score (nSPS) is 17.4. The zero-order chi connectivity index (χ0) is 12.3. The van der Waals surface area contributed by atoms with Crippen LogP contribution in [0.5, 0.6) is 0 Å². The first kappa shape index (κ1) is 11.6. The van der Waals surface area contributed by atoms with Crippen LogP contribution in [0.1, 0.15) is 25.7 Å². The molecule has 0 heterocycles. The van der Waals surface area contributed by atoms with Crippen LogP contribution in [0.15, 0.2) is 24.3 Å². The molecule has 0 aromatic heterocycles. The van der Waals surface area contributed by atoms with Gasteiger partial charge in [-0.3, -0.25) is 4.79 Å². The Balaban J connectivity index is 2.11. The largest absolute Gasteiger partial charge is 0.325 e. The fourth-order valence-corrected chi connectivity index (χ4v) is 2.15. The van der Waals surface area contributed by atoms with Gasteiger partial charge in [0.05, 0.1) is 6.07 Å². The molecule has 88 valence electrons. The van der Waals surface area contributed by atoms with E-state index in [1.165, 1.54) is 24.3 Å². The third-order valence-corrected chi connectivity index (χ3v) is 3.21. The number of hydrogen-bond donors (Lipinski definition) is 1. The second-order valence-corrected chi connectivity index (χ2v) is 4.36. The maximum absolute atomic E-state index is 12.7. The Kier molecular flexibility index (Phi) is 3.10. The summed E-state index contributed by atoms with van der Waals surface area (Å²) in [5.74, 6) is -0.622. The van der Waals surface area contributed by atoms with Crippen molar-refractivity contribution in [2.45, 2.75) is 25.7 Å². The SMILES string of the molecule is N#CC1(C(=O)Nc2ccc(F)cc2)CCCC1. The van der Waals surface area contributed by atoms with Crippen molar-refractivity contribution in [2.75, 3.05) is 5.32 Å². The number of nitriles is 1. The number of hydrogen-bond acceptors (Lipinski definition) is 2. The third kappa shape index (κ3) is 2.28. The lowest BCUT2D eigenvalue weighted by molar-refractivity contribution is -0.122. The van der Waals surface area contributed by atoms with E-state index in [0.717, 1.165) is 12.8 Å². The van der Waals surface area contributed by atoms with Gasteiger partial charge in [-0.25, -0.2) is 4.39 Å². The van der Waals surface area contributed by atoms with E-state index in [2.05, 4.69) is 11.4 Å². The topological polar surface area (TPSA) is 52.9 Å². The highest BCUT2D eigenvalue weighted by atomic mass is 19.1. The molecule has 0 radical (unpaired) electrons. The van der Waals surface area contributed by atoms with Crippen molar-refractivity contribution in [3.63, 3.8) is 0 Å². The molecule has 1 aliphatic rings. The molecule has 0 spiro atoms. The van der Waals surface area contributed by atoms with Crippen LogP contribution in [0.25, 0.3) is 0 Å². The lowest BCUT2D eigenvalue weighted by atomic mass is 9.87. The summed E-state index contributed by atoms with van der Waals surface area (Å²) in [5.41, 5.74) is -0.369. The van der Waals surface area contributed by atoms with Crippen LogP contribution < -0.4 is 5.32 Å². The van der Waals surface area contributed by atoms with Crippen LogP contribution in [0.2, 0.25) is 0 Å². The average Bonchev–Trinajstić information content (AvgIpc) is 2.82. The van der Waals surface area contributed by atoms with Gasteiger partial charge in [-0.2, -0.15) is 5.26 Å². The molecule has 2 rings (SSSR count). The first-order valence-corrected chi connectivity index (χ1v) is 5.65. The van der Waals surface area contributed by atoms with Gasteiger partial charge in [0.15, 0.2) is 0 Å². The Morgan fingerprint density at radius 3 is 2.41 bits per heavy atom. The summed E-state index contributed by atoms with van der Waals surface area (Å²) in [6, 6.07) is 7.67. The molecule has 17 heavy (non-hydrogen) atoms. The van der Waals surface area contributed by atoms with E-state index in [1.54, 1.807) is 0 Å². The van der Waals surface area contributed by atoms with Gasteiger partial charge < -0.3 is 5.32 Å². The summed E-state index contributed by atoms with van der Waals surface area (Å²) in [6.07, 6.45) is 3.03. The number of rotatable bonds is 2. The Bertz CT molecular complexity index is 455. The van der Waals surface area contributed by atoms with Crippen molar-refractivity contribution in [1.82, 2.24) is 0 Å². The van der Waals surface area contributed by atoms with Crippen LogP contribution in [0.4, 0.5) is 10.1 Å². The molecule has 0 saturated heterocycles. The molecule has 0 bridgehead atoms. The minimum atomic E-state index is -0.894. The van der Waals surface area contributed by atoms with E-state index < -0.39 is 5.41 Å². The number of nitrogens with one attached hydrogen (secondary N) is 1. The number of halogens is 1. The quantitative estimate of drug-likeness (QED) is 0.852. The van der Waals surface area contributed by atoms with Gasteiger partial charge in [0, 0.05) is 5.69 Å². The molecule has 0 atom stereocenters. The van der Waals surface area contributed by atoms with E-state index >= 15 is 0 Å². The van der Waals surface area contributed by atoms with Gasteiger partial charge in [-0.05, 0) is 37.1 Å². The molecule has 0 aliphatic heterocycles. The van der Waals surface area contributed by atoms with Crippen LogP contribution in [-0.2, 0) is 4.79 Å². The number of carbonyl (C=O) groups excluding carboxylic acids is 1. The monoisotopic (exact) mass is 232 g/mol. The van der Waals surface area contributed by atoms with Crippen LogP contribution >= 0.6 is 0 Å². The summed E-state index contributed by atoms with van der Waals surface area (Å²) >= 11 is 0. The highest BCUT2D eigenvalue weighted by Crippen LogP contribution is 2.38. The first-order chi connectivity index (χ1) is 8.16. The zero-order valence-corrected chi connectivity index (χ0v) is 9.37. The lowest BCUT2D eigenvalue weighted by Gasteiger charge is -2.19. The molecule has 1 fully saturated rings. The Morgan fingerprint density at radius 2 is 1.88 bits per heavy atom. The van der Waals surface area contributed by atoms with E-state index in [-0.39, 0.29) is 11.7 Å². The Hall–Kier alpha value is -1.89. The molecular weight excluding hydrogens is 219 g/mol. The van der Waals surface area contributed by atoms with E-state index in [0.29, 0.717) is 18.5 Å². The second-order valence-electron chi connectivity index (χ2n) is 4.36. The lowest BCUT2D eigenvalue weighted by Crippen LogP contribution is -2.32. The van der Waals surface area contributed by atoms with Crippen molar-refractivity contribution >= 4 is 11.6 Å². The van der Waals surface area contributed by atoms with Crippen molar-refractivity contribution < 1.29 is 9.18 Å². The Labute approximate surface area is 99.2 Å². The first-order valence-electron chi connectivity index (χ1n) is 5.65. The average molecular weight is 232 g/mol. The molecule has 1 N–H and O–H groups in total. The molecule has 1 aliphatic carbocycles. The summed E-state index contributed by atoms with van der Waals surface area (Å²) in [6.45, 7) is 0. The van der Waals surface area contributed by atoms with Gasteiger partial charge in [0.25, 0.3) is 0 Å². The van der Waals surface area contributed by atoms with Gasteiger partial charge in [0.2, 0.25) is 5.91 Å². The van der Waals surface area contributed by atoms with Gasteiger partial charge >= 0.3 is 0 Å². The van der Waals surface area contributed by atoms with Crippen molar-refractivity contribution in [3.8, 4) is 6.07 Å². The Morgan fingerprint density at radius 1 is 1.29 bits per heavy atom.